The molecule has 3 aromatic carbocycles. The van der Waals surface area contributed by atoms with E-state index in [2.05, 4.69) is 0 Å². The normalized spacial score (nSPS) is 10.8. The first kappa shape index (κ1) is 16.9. The van der Waals surface area contributed by atoms with Gasteiger partial charge in [0.2, 0.25) is 0 Å². The van der Waals surface area contributed by atoms with Gasteiger partial charge in [0.05, 0.1) is 4.90 Å². The lowest BCUT2D eigenvalue weighted by molar-refractivity contribution is 0.540. The first-order valence-corrected chi connectivity index (χ1v) is 8.37. The Hall–Kier alpha value is -2.90. The third-order valence-electron chi connectivity index (χ3n) is 3.65. The zero-order valence-corrected chi connectivity index (χ0v) is 13.9. The summed E-state index contributed by atoms with van der Waals surface area (Å²) in [6.45, 7) is 0. The molecule has 0 spiro atoms. The molecule has 3 aromatic rings. The van der Waals surface area contributed by atoms with E-state index < -0.39 is 11.6 Å². The van der Waals surface area contributed by atoms with Gasteiger partial charge in [0.25, 0.3) is 0 Å². The maximum absolute atomic E-state index is 13.8. The Labute approximate surface area is 149 Å². The molecule has 122 valence electrons. The fourth-order valence-electron chi connectivity index (χ4n) is 2.43. The molecule has 0 aromatic heterocycles. The third kappa shape index (κ3) is 4.14. The van der Waals surface area contributed by atoms with Crippen molar-refractivity contribution >= 4 is 23.9 Å². The molecule has 0 N–H and O–H groups in total. The summed E-state index contributed by atoms with van der Waals surface area (Å²) >= 11 is 0.483. The van der Waals surface area contributed by atoms with Crippen LogP contribution in [0.5, 0.6) is 0 Å². The van der Waals surface area contributed by atoms with Crippen LogP contribution in [0.3, 0.4) is 0 Å². The fraction of sp³-hybridized carbons (Fsp3) is 0. The monoisotopic (exact) mass is 349 g/mol. The second-order valence-electron chi connectivity index (χ2n) is 5.33. The summed E-state index contributed by atoms with van der Waals surface area (Å²) in [6.07, 6.45) is 3.44. The van der Waals surface area contributed by atoms with Crippen molar-refractivity contribution in [3.05, 3.63) is 89.5 Å². The summed E-state index contributed by atoms with van der Waals surface area (Å²) in [7, 11) is 0. The Kier molecular flexibility index (Phi) is 5.27. The second kappa shape index (κ2) is 7.78. The molecule has 0 unspecified atom stereocenters. The molecule has 1 nitrogen and oxygen atoms in total. The highest BCUT2D eigenvalue weighted by molar-refractivity contribution is 8.03. The van der Waals surface area contributed by atoms with Crippen LogP contribution in [0, 0.1) is 22.3 Å². The third-order valence-corrected chi connectivity index (χ3v) is 4.34. The molecule has 0 aliphatic rings. The topological polar surface area (TPSA) is 23.8 Å². The summed E-state index contributed by atoms with van der Waals surface area (Å²) in [4.78, 5) is -0.271. The second-order valence-corrected chi connectivity index (χ2v) is 6.12. The van der Waals surface area contributed by atoms with Crippen LogP contribution in [0.25, 0.3) is 23.3 Å². The van der Waals surface area contributed by atoms with E-state index in [9.17, 15) is 8.78 Å². The Morgan fingerprint density at radius 3 is 1.92 bits per heavy atom. The summed E-state index contributed by atoms with van der Waals surface area (Å²) in [5, 5.41) is 10.2. The maximum Gasteiger partial charge on any atom is 0.141 e. The number of nitriles is 1. The van der Waals surface area contributed by atoms with Gasteiger partial charge in [0, 0.05) is 0 Å². The molecule has 0 saturated heterocycles. The summed E-state index contributed by atoms with van der Waals surface area (Å²) in [5.74, 6) is -1.46. The number of hydrogen-bond donors (Lipinski definition) is 0. The van der Waals surface area contributed by atoms with Crippen LogP contribution >= 0.6 is 11.8 Å². The van der Waals surface area contributed by atoms with Crippen molar-refractivity contribution in [2.24, 2.45) is 0 Å². The number of benzene rings is 3. The Morgan fingerprint density at radius 2 is 1.32 bits per heavy atom. The van der Waals surface area contributed by atoms with E-state index in [-0.39, 0.29) is 4.90 Å². The first-order chi connectivity index (χ1) is 12.2. The predicted octanol–water partition coefficient (Wildman–Crippen LogP) is 6.38. The number of nitrogens with zero attached hydrogens (tertiary/aromatic N) is 1. The highest BCUT2D eigenvalue weighted by Crippen LogP contribution is 2.26. The number of hydrogen-bond acceptors (Lipinski definition) is 2. The van der Waals surface area contributed by atoms with Crippen molar-refractivity contribution in [2.75, 3.05) is 0 Å². The van der Waals surface area contributed by atoms with Crippen molar-refractivity contribution in [3.63, 3.8) is 0 Å². The average Bonchev–Trinajstić information content (AvgIpc) is 2.64. The van der Waals surface area contributed by atoms with Crippen LogP contribution in [0.1, 0.15) is 11.1 Å². The maximum atomic E-state index is 13.8. The van der Waals surface area contributed by atoms with Gasteiger partial charge in [0.15, 0.2) is 0 Å². The van der Waals surface area contributed by atoms with Gasteiger partial charge in [-0.05, 0) is 46.1 Å². The summed E-state index contributed by atoms with van der Waals surface area (Å²) in [5.41, 5.74) is 3.57. The number of rotatable bonds is 4. The highest BCUT2D eigenvalue weighted by Gasteiger charge is 2.10. The Bertz CT molecular complexity index is 919. The van der Waals surface area contributed by atoms with Gasteiger partial charge in [-0.15, -0.1) is 0 Å². The smallest absolute Gasteiger partial charge is 0.141 e. The van der Waals surface area contributed by atoms with Crippen LogP contribution in [-0.2, 0) is 0 Å². The van der Waals surface area contributed by atoms with E-state index in [0.29, 0.717) is 17.3 Å². The lowest BCUT2D eigenvalue weighted by atomic mass is 10.0. The minimum atomic E-state index is -0.731. The zero-order chi connectivity index (χ0) is 17.6. The van der Waals surface area contributed by atoms with Crippen molar-refractivity contribution in [1.29, 1.82) is 5.26 Å². The fourth-order valence-corrected chi connectivity index (χ4v) is 2.83. The largest absolute Gasteiger partial charge is 0.206 e. The molecule has 0 amide bonds. The van der Waals surface area contributed by atoms with Gasteiger partial charge in [-0.1, -0.05) is 66.7 Å². The SMILES string of the molecule is N#CSc1c(F)cc(C=Cc2ccc(-c3ccccc3)cc2)cc1F. The standard InChI is InChI=1S/C21H13F2NS/c22-19-12-16(13-20(23)21(19)25-14-24)7-6-15-8-10-18(11-9-15)17-4-2-1-3-5-17/h1-13H. The molecule has 0 heterocycles. The molecule has 25 heavy (non-hydrogen) atoms. The van der Waals surface area contributed by atoms with Crippen LogP contribution in [-0.4, -0.2) is 0 Å². The highest BCUT2D eigenvalue weighted by atomic mass is 32.2. The summed E-state index contributed by atoms with van der Waals surface area (Å²) in [6, 6.07) is 20.4. The van der Waals surface area contributed by atoms with Crippen LogP contribution < -0.4 is 0 Å². The molecule has 0 saturated carbocycles. The van der Waals surface area contributed by atoms with E-state index in [4.69, 9.17) is 5.26 Å². The molecule has 0 fully saturated rings. The lowest BCUT2D eigenvalue weighted by Crippen LogP contribution is -1.88. The Balaban J connectivity index is 1.80. The van der Waals surface area contributed by atoms with Crippen LogP contribution in [0.15, 0.2) is 71.6 Å². The Morgan fingerprint density at radius 1 is 0.760 bits per heavy atom. The molecule has 0 atom stereocenters. The van der Waals surface area contributed by atoms with Gasteiger partial charge in [-0.25, -0.2) is 8.78 Å². The zero-order valence-electron chi connectivity index (χ0n) is 13.1. The quantitative estimate of drug-likeness (QED) is 0.310. The van der Waals surface area contributed by atoms with Crippen molar-refractivity contribution in [3.8, 4) is 16.5 Å². The minimum absolute atomic E-state index is 0.271. The number of thiocyanates is 1. The van der Waals surface area contributed by atoms with Gasteiger partial charge < -0.3 is 0 Å². The van der Waals surface area contributed by atoms with E-state index in [1.807, 2.05) is 54.6 Å². The minimum Gasteiger partial charge on any atom is -0.206 e. The van der Waals surface area contributed by atoms with Crippen LogP contribution in [0.4, 0.5) is 8.78 Å². The van der Waals surface area contributed by atoms with Gasteiger partial charge >= 0.3 is 0 Å². The van der Waals surface area contributed by atoms with Gasteiger partial charge in [0.1, 0.15) is 17.0 Å². The molecule has 4 heteroatoms. The molecular formula is C21H13F2NS. The van der Waals surface area contributed by atoms with E-state index >= 15 is 0 Å². The van der Waals surface area contributed by atoms with E-state index in [1.54, 1.807) is 17.6 Å². The van der Waals surface area contributed by atoms with Crippen molar-refractivity contribution in [1.82, 2.24) is 0 Å². The molecule has 3 rings (SSSR count). The van der Waals surface area contributed by atoms with Crippen LogP contribution in [0.2, 0.25) is 0 Å². The molecule has 0 radical (unpaired) electrons. The van der Waals surface area contributed by atoms with Gasteiger partial charge in [-0.2, -0.15) is 5.26 Å². The van der Waals surface area contributed by atoms with Gasteiger partial charge in [-0.3, -0.25) is 0 Å². The van der Waals surface area contributed by atoms with Crippen molar-refractivity contribution in [2.45, 2.75) is 4.90 Å². The molecule has 0 aliphatic carbocycles. The summed E-state index contributed by atoms with van der Waals surface area (Å²) < 4.78 is 27.6. The molecule has 0 bridgehead atoms. The number of thioether (sulfide) groups is 1. The molecular weight excluding hydrogens is 336 g/mol. The molecule has 0 aliphatic heterocycles. The number of halogens is 2. The average molecular weight is 349 g/mol. The lowest BCUT2D eigenvalue weighted by Gasteiger charge is -2.03. The van der Waals surface area contributed by atoms with Crippen molar-refractivity contribution < 1.29 is 8.78 Å². The predicted molar refractivity (Wildman–Crippen MR) is 98.6 cm³/mol. The van der Waals surface area contributed by atoms with E-state index in [0.717, 1.165) is 16.7 Å². The van der Waals surface area contributed by atoms with E-state index in [1.165, 1.54) is 12.1 Å². The first-order valence-electron chi connectivity index (χ1n) is 7.56.